The van der Waals surface area contributed by atoms with Crippen LogP contribution in [0, 0.1) is 6.92 Å². The van der Waals surface area contributed by atoms with Crippen LogP contribution in [0.5, 0.6) is 0 Å². The number of aromatic amines is 1. The van der Waals surface area contributed by atoms with E-state index in [4.69, 9.17) is 4.74 Å². The Morgan fingerprint density at radius 2 is 2.28 bits per heavy atom. The van der Waals surface area contributed by atoms with Gasteiger partial charge in [-0.05, 0) is 25.0 Å². The zero-order chi connectivity index (χ0) is 13.1. The Hall–Kier alpha value is -1.62. The SMILES string of the molecule is CCCc1[nH]ncc1-c1cc(C(=O)OC)sc1C. The summed E-state index contributed by atoms with van der Waals surface area (Å²) in [6.45, 7) is 4.14. The topological polar surface area (TPSA) is 55.0 Å². The van der Waals surface area contributed by atoms with E-state index in [1.807, 2.05) is 19.2 Å². The van der Waals surface area contributed by atoms with Crippen molar-refractivity contribution in [3.05, 3.63) is 27.7 Å². The fraction of sp³-hybridized carbons (Fsp3) is 0.385. The van der Waals surface area contributed by atoms with Crippen LogP contribution in [-0.4, -0.2) is 23.3 Å². The molecule has 0 aliphatic rings. The standard InChI is InChI=1S/C13H16N2O2S/c1-4-5-11-10(7-14-15-11)9-6-12(13(16)17-3)18-8(9)2/h6-7H,4-5H2,1-3H3,(H,14,15). The number of aryl methyl sites for hydroxylation is 2. The minimum atomic E-state index is -0.283. The number of hydrogen-bond acceptors (Lipinski definition) is 4. The van der Waals surface area contributed by atoms with Crippen LogP contribution in [0.2, 0.25) is 0 Å². The summed E-state index contributed by atoms with van der Waals surface area (Å²) in [6.07, 6.45) is 3.83. The molecule has 96 valence electrons. The normalized spacial score (nSPS) is 10.6. The lowest BCUT2D eigenvalue weighted by molar-refractivity contribution is 0.0606. The van der Waals surface area contributed by atoms with Crippen LogP contribution in [0.25, 0.3) is 11.1 Å². The number of rotatable bonds is 4. The molecule has 1 N–H and O–H groups in total. The van der Waals surface area contributed by atoms with Crippen molar-refractivity contribution >= 4 is 17.3 Å². The van der Waals surface area contributed by atoms with E-state index >= 15 is 0 Å². The van der Waals surface area contributed by atoms with Crippen LogP contribution < -0.4 is 0 Å². The molecule has 0 unspecified atom stereocenters. The van der Waals surface area contributed by atoms with Crippen molar-refractivity contribution in [2.45, 2.75) is 26.7 Å². The first-order valence-corrected chi connectivity index (χ1v) is 6.70. The molecule has 0 saturated carbocycles. The van der Waals surface area contributed by atoms with Gasteiger partial charge in [-0.15, -0.1) is 11.3 Å². The van der Waals surface area contributed by atoms with Gasteiger partial charge in [-0.1, -0.05) is 13.3 Å². The zero-order valence-corrected chi connectivity index (χ0v) is 11.6. The number of ether oxygens (including phenoxy) is 1. The number of thiophene rings is 1. The number of carbonyl (C=O) groups excluding carboxylic acids is 1. The van der Waals surface area contributed by atoms with E-state index in [9.17, 15) is 4.79 Å². The highest BCUT2D eigenvalue weighted by molar-refractivity contribution is 7.14. The molecule has 4 nitrogen and oxygen atoms in total. The first-order chi connectivity index (χ1) is 8.67. The Kier molecular flexibility index (Phi) is 3.81. The Balaban J connectivity index is 2.41. The summed E-state index contributed by atoms with van der Waals surface area (Å²) in [5.74, 6) is -0.283. The average Bonchev–Trinajstić information content (AvgIpc) is 2.95. The molecule has 0 fully saturated rings. The quantitative estimate of drug-likeness (QED) is 0.863. The van der Waals surface area contributed by atoms with Crippen LogP contribution in [0.15, 0.2) is 12.3 Å². The molecule has 0 aromatic carbocycles. The summed E-state index contributed by atoms with van der Waals surface area (Å²) in [7, 11) is 1.40. The number of aromatic nitrogens is 2. The molecule has 0 amide bonds. The Morgan fingerprint density at radius 3 is 2.94 bits per heavy atom. The van der Waals surface area contributed by atoms with Gasteiger partial charge in [0.1, 0.15) is 4.88 Å². The lowest BCUT2D eigenvalue weighted by Crippen LogP contribution is -1.96. The van der Waals surface area contributed by atoms with Gasteiger partial charge in [0.25, 0.3) is 0 Å². The number of nitrogens with one attached hydrogen (secondary N) is 1. The predicted octanol–water partition coefficient (Wildman–Crippen LogP) is 3.19. The van der Waals surface area contributed by atoms with Crippen molar-refractivity contribution in [3.8, 4) is 11.1 Å². The van der Waals surface area contributed by atoms with Crippen molar-refractivity contribution in [1.82, 2.24) is 10.2 Å². The highest BCUT2D eigenvalue weighted by Crippen LogP contribution is 2.33. The van der Waals surface area contributed by atoms with Crippen LogP contribution in [0.3, 0.4) is 0 Å². The van der Waals surface area contributed by atoms with Crippen LogP contribution in [0.1, 0.15) is 33.6 Å². The molecule has 0 bridgehead atoms. The molecule has 0 radical (unpaired) electrons. The van der Waals surface area contributed by atoms with Gasteiger partial charge in [0.15, 0.2) is 0 Å². The third-order valence-corrected chi connectivity index (χ3v) is 3.84. The van der Waals surface area contributed by atoms with Gasteiger partial charge in [0.05, 0.1) is 13.3 Å². The summed E-state index contributed by atoms with van der Waals surface area (Å²) < 4.78 is 4.75. The maximum Gasteiger partial charge on any atom is 0.348 e. The van der Waals surface area contributed by atoms with Gasteiger partial charge in [-0.3, -0.25) is 5.10 Å². The van der Waals surface area contributed by atoms with E-state index in [1.165, 1.54) is 18.4 Å². The Labute approximate surface area is 110 Å². The van der Waals surface area contributed by atoms with E-state index in [0.29, 0.717) is 4.88 Å². The van der Waals surface area contributed by atoms with Gasteiger partial charge in [-0.25, -0.2) is 4.79 Å². The summed E-state index contributed by atoms with van der Waals surface area (Å²) in [5, 5.41) is 7.12. The summed E-state index contributed by atoms with van der Waals surface area (Å²) in [5.41, 5.74) is 3.27. The lowest BCUT2D eigenvalue weighted by Gasteiger charge is -2.00. The molecule has 2 aromatic heterocycles. The maximum atomic E-state index is 11.5. The second kappa shape index (κ2) is 5.35. The number of methoxy groups -OCH3 is 1. The lowest BCUT2D eigenvalue weighted by atomic mass is 10.0. The van der Waals surface area contributed by atoms with E-state index in [0.717, 1.165) is 34.5 Å². The molecular weight excluding hydrogens is 248 g/mol. The molecule has 0 aliphatic heterocycles. The van der Waals surface area contributed by atoms with Crippen molar-refractivity contribution in [1.29, 1.82) is 0 Å². The molecule has 0 saturated heterocycles. The third-order valence-electron chi connectivity index (χ3n) is 2.81. The van der Waals surface area contributed by atoms with Crippen molar-refractivity contribution in [2.75, 3.05) is 7.11 Å². The van der Waals surface area contributed by atoms with Gasteiger partial charge < -0.3 is 4.74 Å². The van der Waals surface area contributed by atoms with Crippen LogP contribution >= 0.6 is 11.3 Å². The summed E-state index contributed by atoms with van der Waals surface area (Å²) >= 11 is 1.46. The monoisotopic (exact) mass is 264 g/mol. The van der Waals surface area contributed by atoms with E-state index in [2.05, 4.69) is 17.1 Å². The Morgan fingerprint density at radius 1 is 1.50 bits per heavy atom. The smallest absolute Gasteiger partial charge is 0.348 e. The second-order valence-corrected chi connectivity index (χ2v) is 5.34. The number of H-pyrrole nitrogens is 1. The fourth-order valence-electron chi connectivity index (χ4n) is 1.94. The van der Waals surface area contributed by atoms with E-state index < -0.39 is 0 Å². The zero-order valence-electron chi connectivity index (χ0n) is 10.7. The molecule has 2 heterocycles. The van der Waals surface area contributed by atoms with Crippen LogP contribution in [0.4, 0.5) is 0 Å². The fourth-order valence-corrected chi connectivity index (χ4v) is 2.89. The van der Waals surface area contributed by atoms with E-state index in [-0.39, 0.29) is 5.97 Å². The third kappa shape index (κ3) is 2.31. The molecule has 2 rings (SSSR count). The first kappa shape index (κ1) is 12.8. The van der Waals surface area contributed by atoms with Crippen LogP contribution in [-0.2, 0) is 11.2 Å². The largest absolute Gasteiger partial charge is 0.465 e. The highest BCUT2D eigenvalue weighted by Gasteiger charge is 2.16. The summed E-state index contributed by atoms with van der Waals surface area (Å²) in [6, 6.07) is 1.88. The molecule has 0 aliphatic carbocycles. The van der Waals surface area contributed by atoms with Gasteiger partial charge >= 0.3 is 5.97 Å². The predicted molar refractivity (Wildman–Crippen MR) is 72.0 cm³/mol. The van der Waals surface area contributed by atoms with Crippen molar-refractivity contribution in [3.63, 3.8) is 0 Å². The number of carbonyl (C=O) groups is 1. The molecule has 0 spiro atoms. The Bertz CT molecular complexity index is 557. The molecule has 18 heavy (non-hydrogen) atoms. The first-order valence-electron chi connectivity index (χ1n) is 5.88. The highest BCUT2D eigenvalue weighted by atomic mass is 32.1. The number of esters is 1. The molecule has 2 aromatic rings. The minimum absolute atomic E-state index is 0.283. The van der Waals surface area contributed by atoms with Crippen molar-refractivity contribution < 1.29 is 9.53 Å². The van der Waals surface area contributed by atoms with Gasteiger partial charge in [0, 0.05) is 16.1 Å². The van der Waals surface area contributed by atoms with Gasteiger partial charge in [-0.2, -0.15) is 5.10 Å². The number of hydrogen-bond donors (Lipinski definition) is 1. The molecule has 5 heteroatoms. The second-order valence-electron chi connectivity index (χ2n) is 4.08. The number of nitrogens with zero attached hydrogens (tertiary/aromatic N) is 1. The summed E-state index contributed by atoms with van der Waals surface area (Å²) in [4.78, 5) is 13.3. The average molecular weight is 264 g/mol. The van der Waals surface area contributed by atoms with E-state index in [1.54, 1.807) is 0 Å². The van der Waals surface area contributed by atoms with Gasteiger partial charge in [0.2, 0.25) is 0 Å². The molecule has 0 atom stereocenters. The minimum Gasteiger partial charge on any atom is -0.465 e. The maximum absolute atomic E-state index is 11.5. The van der Waals surface area contributed by atoms with Crippen molar-refractivity contribution in [2.24, 2.45) is 0 Å². The molecular formula is C13H16N2O2S.